The Morgan fingerprint density at radius 2 is 1.91 bits per heavy atom. The Bertz CT molecular complexity index is 804. The van der Waals surface area contributed by atoms with Crippen molar-refractivity contribution >= 4 is 10.9 Å². The molecule has 0 bridgehead atoms. The molecule has 0 spiro atoms. The molecule has 2 aromatic carbocycles. The summed E-state index contributed by atoms with van der Waals surface area (Å²) in [4.78, 5) is 0. The van der Waals surface area contributed by atoms with E-state index in [-0.39, 0.29) is 11.9 Å². The van der Waals surface area contributed by atoms with Crippen LogP contribution in [0.2, 0.25) is 0 Å². The van der Waals surface area contributed by atoms with Gasteiger partial charge < -0.3 is 9.30 Å². The van der Waals surface area contributed by atoms with Crippen LogP contribution >= 0.6 is 0 Å². The van der Waals surface area contributed by atoms with Gasteiger partial charge in [-0.05, 0) is 62.7 Å². The Morgan fingerprint density at radius 3 is 2.64 bits per heavy atom. The molecular formula is C19H20FNO. The maximum absolute atomic E-state index is 13.5. The smallest absolute Gasteiger partial charge is 0.128 e. The number of hydrogen-bond donors (Lipinski definition) is 0. The highest BCUT2D eigenvalue weighted by Gasteiger charge is 2.12. The summed E-state index contributed by atoms with van der Waals surface area (Å²) in [6.45, 7) is 6.71. The van der Waals surface area contributed by atoms with Crippen molar-refractivity contribution in [3.8, 4) is 5.75 Å². The highest BCUT2D eigenvalue weighted by Crippen LogP contribution is 2.26. The maximum Gasteiger partial charge on any atom is 0.128 e. The van der Waals surface area contributed by atoms with Gasteiger partial charge in [-0.25, -0.2) is 4.39 Å². The van der Waals surface area contributed by atoms with Crippen molar-refractivity contribution < 1.29 is 9.13 Å². The van der Waals surface area contributed by atoms with Gasteiger partial charge in [0.1, 0.15) is 18.2 Å². The third-order valence-corrected chi connectivity index (χ3v) is 3.78. The molecule has 22 heavy (non-hydrogen) atoms. The van der Waals surface area contributed by atoms with E-state index >= 15 is 0 Å². The van der Waals surface area contributed by atoms with Crippen LogP contribution in [0.5, 0.6) is 5.75 Å². The second-order valence-corrected chi connectivity index (χ2v) is 5.91. The molecule has 0 amide bonds. The first-order valence-electron chi connectivity index (χ1n) is 7.53. The number of aromatic nitrogens is 1. The molecule has 0 aliphatic heterocycles. The summed E-state index contributed by atoms with van der Waals surface area (Å²) in [6.07, 6.45) is 0. The molecule has 3 heteroatoms. The third-order valence-electron chi connectivity index (χ3n) is 3.78. The van der Waals surface area contributed by atoms with Crippen molar-refractivity contribution in [1.29, 1.82) is 0 Å². The van der Waals surface area contributed by atoms with Gasteiger partial charge in [0, 0.05) is 11.4 Å². The van der Waals surface area contributed by atoms with Gasteiger partial charge in [0.2, 0.25) is 0 Å². The predicted molar refractivity (Wildman–Crippen MR) is 87.8 cm³/mol. The van der Waals surface area contributed by atoms with Crippen molar-refractivity contribution in [2.75, 3.05) is 0 Å². The lowest BCUT2D eigenvalue weighted by Crippen LogP contribution is -2.08. The van der Waals surface area contributed by atoms with Crippen LogP contribution in [0.15, 0.2) is 48.5 Å². The molecule has 0 fully saturated rings. The molecular weight excluding hydrogens is 277 g/mol. The van der Waals surface area contributed by atoms with Crippen molar-refractivity contribution in [3.05, 3.63) is 65.6 Å². The second kappa shape index (κ2) is 5.84. The fourth-order valence-corrected chi connectivity index (χ4v) is 2.83. The van der Waals surface area contributed by atoms with Crippen LogP contribution in [0.4, 0.5) is 4.39 Å². The number of aryl methyl sites for hydroxylation is 1. The first kappa shape index (κ1) is 14.6. The number of rotatable bonds is 4. The highest BCUT2D eigenvalue weighted by atomic mass is 19.1. The first-order valence-corrected chi connectivity index (χ1v) is 7.53. The quantitative estimate of drug-likeness (QED) is 0.641. The van der Waals surface area contributed by atoms with Crippen LogP contribution in [-0.2, 0) is 6.61 Å². The second-order valence-electron chi connectivity index (χ2n) is 5.91. The number of hydrogen-bond acceptors (Lipinski definition) is 1. The summed E-state index contributed by atoms with van der Waals surface area (Å²) in [5.74, 6) is 0.644. The van der Waals surface area contributed by atoms with Crippen molar-refractivity contribution in [2.24, 2.45) is 0 Å². The first-order chi connectivity index (χ1) is 10.5. The Labute approximate surface area is 130 Å². The number of fused-ring (bicyclic) bond motifs is 1. The molecule has 3 rings (SSSR count). The van der Waals surface area contributed by atoms with Gasteiger partial charge in [0.05, 0.1) is 11.2 Å². The van der Waals surface area contributed by atoms with Gasteiger partial charge in [-0.15, -0.1) is 0 Å². The molecule has 0 saturated carbocycles. The average molecular weight is 297 g/mol. The zero-order valence-electron chi connectivity index (χ0n) is 13.1. The van der Waals surface area contributed by atoms with E-state index in [0.29, 0.717) is 6.61 Å². The minimum absolute atomic E-state index is 0.210. The van der Waals surface area contributed by atoms with Gasteiger partial charge >= 0.3 is 0 Å². The third kappa shape index (κ3) is 2.84. The Hall–Kier alpha value is -2.29. The summed E-state index contributed by atoms with van der Waals surface area (Å²) in [5, 5.41) is 1.04. The zero-order valence-corrected chi connectivity index (χ0v) is 13.1. The molecule has 0 aliphatic carbocycles. The fraction of sp³-hybridized carbons (Fsp3) is 0.263. The van der Waals surface area contributed by atoms with E-state index in [1.165, 1.54) is 11.6 Å². The standard InChI is InChI=1S/C19H20FNO/c1-13(2)21-17(10-15-7-8-16(20)11-19(15)21)12-22-18-6-4-5-14(3)9-18/h4-11,13H,12H2,1-3H3. The van der Waals surface area contributed by atoms with Gasteiger partial charge in [0.25, 0.3) is 0 Å². The van der Waals surface area contributed by atoms with Crippen molar-refractivity contribution in [1.82, 2.24) is 4.57 Å². The Balaban J connectivity index is 1.94. The van der Waals surface area contributed by atoms with Crippen LogP contribution in [0, 0.1) is 12.7 Å². The van der Waals surface area contributed by atoms with E-state index in [4.69, 9.17) is 4.74 Å². The molecule has 0 unspecified atom stereocenters. The van der Waals surface area contributed by atoms with Crippen LogP contribution in [-0.4, -0.2) is 4.57 Å². The number of nitrogens with zero attached hydrogens (tertiary/aromatic N) is 1. The Morgan fingerprint density at radius 1 is 1.09 bits per heavy atom. The highest BCUT2D eigenvalue weighted by molar-refractivity contribution is 5.81. The molecule has 1 aromatic heterocycles. The summed E-state index contributed by atoms with van der Waals surface area (Å²) in [6, 6.07) is 15.2. The molecule has 1 heterocycles. The fourth-order valence-electron chi connectivity index (χ4n) is 2.83. The molecule has 0 aliphatic rings. The molecule has 0 N–H and O–H groups in total. The van der Waals surface area contributed by atoms with E-state index < -0.39 is 0 Å². The molecule has 0 radical (unpaired) electrons. The van der Waals surface area contributed by atoms with Crippen LogP contribution in [0.3, 0.4) is 0 Å². The summed E-state index contributed by atoms with van der Waals surface area (Å²) in [5.41, 5.74) is 3.14. The van der Waals surface area contributed by atoms with E-state index in [1.54, 1.807) is 6.07 Å². The minimum Gasteiger partial charge on any atom is -0.487 e. The topological polar surface area (TPSA) is 14.2 Å². The number of benzene rings is 2. The van der Waals surface area contributed by atoms with Crippen molar-refractivity contribution in [2.45, 2.75) is 33.4 Å². The average Bonchev–Trinajstić information content (AvgIpc) is 2.83. The van der Waals surface area contributed by atoms with Gasteiger partial charge in [-0.1, -0.05) is 12.1 Å². The van der Waals surface area contributed by atoms with Crippen LogP contribution < -0.4 is 4.74 Å². The van der Waals surface area contributed by atoms with E-state index in [0.717, 1.165) is 22.3 Å². The molecule has 0 atom stereocenters. The largest absolute Gasteiger partial charge is 0.487 e. The zero-order chi connectivity index (χ0) is 15.7. The maximum atomic E-state index is 13.5. The monoisotopic (exact) mass is 297 g/mol. The lowest BCUT2D eigenvalue weighted by Gasteiger charge is -2.15. The van der Waals surface area contributed by atoms with Crippen LogP contribution in [0.1, 0.15) is 31.1 Å². The minimum atomic E-state index is -0.210. The predicted octanol–water partition coefficient (Wildman–Crippen LogP) is 5.25. The summed E-state index contributed by atoms with van der Waals surface area (Å²) >= 11 is 0. The molecule has 114 valence electrons. The number of ether oxygens (including phenoxy) is 1. The Kier molecular flexibility index (Phi) is 3.88. The van der Waals surface area contributed by atoms with Crippen LogP contribution in [0.25, 0.3) is 10.9 Å². The SMILES string of the molecule is Cc1cccc(OCc2cc3ccc(F)cc3n2C(C)C)c1. The number of halogens is 1. The van der Waals surface area contributed by atoms with Crippen molar-refractivity contribution in [3.63, 3.8) is 0 Å². The van der Waals surface area contributed by atoms with E-state index in [9.17, 15) is 4.39 Å². The lowest BCUT2D eigenvalue weighted by molar-refractivity contribution is 0.293. The summed E-state index contributed by atoms with van der Waals surface area (Å²) in [7, 11) is 0. The summed E-state index contributed by atoms with van der Waals surface area (Å²) < 4.78 is 21.6. The molecule has 3 aromatic rings. The van der Waals surface area contributed by atoms with E-state index in [1.807, 2.05) is 37.3 Å². The molecule has 0 saturated heterocycles. The normalized spacial score (nSPS) is 11.3. The van der Waals surface area contributed by atoms with Gasteiger partial charge in [0.15, 0.2) is 0 Å². The van der Waals surface area contributed by atoms with E-state index in [2.05, 4.69) is 24.5 Å². The molecule has 2 nitrogen and oxygen atoms in total. The lowest BCUT2D eigenvalue weighted by atomic mass is 10.2. The van der Waals surface area contributed by atoms with Gasteiger partial charge in [-0.3, -0.25) is 0 Å². The van der Waals surface area contributed by atoms with Gasteiger partial charge in [-0.2, -0.15) is 0 Å².